The Balaban J connectivity index is 0.000000276. The fourth-order valence-electron chi connectivity index (χ4n) is 6.79. The van der Waals surface area contributed by atoms with Crippen molar-refractivity contribution in [3.8, 4) is 0 Å². The zero-order chi connectivity index (χ0) is 35.6. The van der Waals surface area contributed by atoms with Crippen LogP contribution in [-0.2, 0) is 27.4 Å². The van der Waals surface area contributed by atoms with E-state index in [2.05, 4.69) is 25.6 Å². The molecule has 2 aromatic heterocycles. The van der Waals surface area contributed by atoms with Gasteiger partial charge in [-0.25, -0.2) is 4.79 Å². The number of alkyl carbamates (subject to hydrolysis) is 1. The Morgan fingerprint density at radius 2 is 1.24 bits per heavy atom. The number of nitrogens with two attached hydrogens (primary N) is 1. The van der Waals surface area contributed by atoms with Gasteiger partial charge < -0.3 is 35.0 Å². The van der Waals surface area contributed by atoms with Crippen molar-refractivity contribution < 1.29 is 38.4 Å². The molecule has 2 heterocycles. The molecular formula is C35H58N6O8. The van der Waals surface area contributed by atoms with Gasteiger partial charge in [-0.15, -0.1) is 0 Å². The van der Waals surface area contributed by atoms with Gasteiger partial charge in [0, 0.05) is 11.8 Å². The van der Waals surface area contributed by atoms with Crippen molar-refractivity contribution in [3.05, 3.63) is 23.4 Å². The first-order valence-corrected chi connectivity index (χ1v) is 18.2. The Hall–Kier alpha value is -3.55. The average Bonchev–Trinajstić information content (AvgIpc) is 3.73. The maximum atomic E-state index is 11.7. The molecule has 2 aromatic rings. The molecular weight excluding hydrogens is 632 g/mol. The van der Waals surface area contributed by atoms with Gasteiger partial charge in [0.2, 0.25) is 11.8 Å². The van der Waals surface area contributed by atoms with Crippen LogP contribution in [0.3, 0.4) is 0 Å². The number of hydrogen-bond acceptors (Lipinski definition) is 11. The predicted molar refractivity (Wildman–Crippen MR) is 180 cm³/mol. The molecule has 4 rings (SSSR count). The Kier molecular flexibility index (Phi) is 17.0. The largest absolute Gasteiger partial charge is 0.481 e. The fraction of sp³-hybridized carbons (Fsp3) is 0.800. The highest BCUT2D eigenvalue weighted by atomic mass is 16.6. The number of nitrogens with one attached hydrogen (secondary N) is 1. The van der Waals surface area contributed by atoms with Gasteiger partial charge in [-0.1, -0.05) is 100 Å². The van der Waals surface area contributed by atoms with Gasteiger partial charge >= 0.3 is 18.0 Å². The number of carbonyl (C=O) groups excluding carboxylic acids is 1. The van der Waals surface area contributed by atoms with Gasteiger partial charge in [0.05, 0.1) is 25.9 Å². The van der Waals surface area contributed by atoms with Crippen molar-refractivity contribution in [1.29, 1.82) is 0 Å². The first-order chi connectivity index (χ1) is 23.4. The lowest BCUT2D eigenvalue weighted by atomic mass is 9.84. The minimum atomic E-state index is -0.880. The Morgan fingerprint density at radius 3 is 1.65 bits per heavy atom. The van der Waals surface area contributed by atoms with Crippen molar-refractivity contribution in [2.75, 3.05) is 0 Å². The second-order valence-corrected chi connectivity index (χ2v) is 14.6. The summed E-state index contributed by atoms with van der Waals surface area (Å²) in [6, 6.07) is 0. The number of aliphatic carboxylic acids is 2. The van der Waals surface area contributed by atoms with E-state index in [1.807, 2.05) is 0 Å². The highest BCUT2D eigenvalue weighted by Crippen LogP contribution is 2.32. The van der Waals surface area contributed by atoms with E-state index < -0.39 is 23.6 Å². The molecule has 0 unspecified atom stereocenters. The minimum absolute atomic E-state index is 0.0359. The maximum absolute atomic E-state index is 11.7. The van der Waals surface area contributed by atoms with Crippen LogP contribution in [0, 0.1) is 11.8 Å². The van der Waals surface area contributed by atoms with E-state index in [1.165, 1.54) is 70.6 Å². The number of hydrogen-bond donors (Lipinski definition) is 4. The van der Waals surface area contributed by atoms with Gasteiger partial charge in [-0.2, -0.15) is 9.97 Å². The molecule has 0 bridgehead atoms. The summed E-state index contributed by atoms with van der Waals surface area (Å²) in [5, 5.41) is 28.5. The van der Waals surface area contributed by atoms with Crippen molar-refractivity contribution >= 4 is 18.0 Å². The van der Waals surface area contributed by atoms with Crippen LogP contribution in [-0.4, -0.2) is 54.1 Å². The molecule has 0 aliphatic heterocycles. The number of rotatable bonds is 17. The Morgan fingerprint density at radius 1 is 0.796 bits per heavy atom. The second kappa shape index (κ2) is 20.8. The van der Waals surface area contributed by atoms with Crippen LogP contribution in [0.5, 0.6) is 0 Å². The molecule has 14 nitrogen and oxygen atoms in total. The van der Waals surface area contributed by atoms with Crippen molar-refractivity contribution in [2.45, 2.75) is 167 Å². The Bertz CT molecular complexity index is 1260. The number of carboxylic acids is 2. The summed E-state index contributed by atoms with van der Waals surface area (Å²) in [6.07, 6.45) is 18.4. The minimum Gasteiger partial charge on any atom is -0.481 e. The van der Waals surface area contributed by atoms with Crippen molar-refractivity contribution in [1.82, 2.24) is 25.6 Å². The summed E-state index contributed by atoms with van der Waals surface area (Å²) in [4.78, 5) is 42.4. The van der Waals surface area contributed by atoms with Crippen molar-refractivity contribution in [2.24, 2.45) is 17.6 Å². The SMILES string of the molecule is CC(C)(C)OC(=O)NCc1noc([C@H](CCCC2CCCCC2)CC(=O)O)n1.NCc1noc([C@H](CCCC2CCCCC2)CC(=O)O)n1. The summed E-state index contributed by atoms with van der Waals surface area (Å²) >= 11 is 0. The first kappa shape index (κ1) is 39.9. The smallest absolute Gasteiger partial charge is 0.408 e. The molecule has 1 amide bonds. The van der Waals surface area contributed by atoms with E-state index >= 15 is 0 Å². The molecule has 2 aliphatic carbocycles. The molecule has 0 radical (unpaired) electrons. The molecule has 2 fully saturated rings. The van der Waals surface area contributed by atoms with E-state index in [0.29, 0.717) is 29.9 Å². The number of ether oxygens (including phenoxy) is 1. The zero-order valence-corrected chi connectivity index (χ0v) is 29.7. The van der Waals surface area contributed by atoms with E-state index in [1.54, 1.807) is 20.8 Å². The van der Waals surface area contributed by atoms with E-state index in [-0.39, 0.29) is 37.8 Å². The van der Waals surface area contributed by atoms with Gasteiger partial charge in [-0.3, -0.25) is 9.59 Å². The molecule has 0 aromatic carbocycles. The summed E-state index contributed by atoms with van der Waals surface area (Å²) in [7, 11) is 0. The molecule has 49 heavy (non-hydrogen) atoms. The molecule has 0 spiro atoms. The summed E-state index contributed by atoms with van der Waals surface area (Å²) < 4.78 is 15.6. The predicted octanol–water partition coefficient (Wildman–Crippen LogP) is 7.24. The molecule has 276 valence electrons. The van der Waals surface area contributed by atoms with Crippen LogP contribution in [0.25, 0.3) is 0 Å². The van der Waals surface area contributed by atoms with Crippen LogP contribution in [0.2, 0.25) is 0 Å². The van der Waals surface area contributed by atoms with Crippen LogP contribution in [0.15, 0.2) is 9.05 Å². The fourth-order valence-corrected chi connectivity index (χ4v) is 6.79. The number of aromatic nitrogens is 4. The molecule has 2 atom stereocenters. The molecule has 0 saturated heterocycles. The number of amides is 1. The molecule has 2 saturated carbocycles. The van der Waals surface area contributed by atoms with E-state index in [4.69, 9.17) is 24.6 Å². The lowest BCUT2D eigenvalue weighted by molar-refractivity contribution is -0.138. The molecule has 2 aliphatic rings. The van der Waals surface area contributed by atoms with Crippen LogP contribution >= 0.6 is 0 Å². The van der Waals surface area contributed by atoms with Gasteiger partial charge in [-0.05, 0) is 45.4 Å². The average molecular weight is 691 g/mol. The summed E-state index contributed by atoms with van der Waals surface area (Å²) in [6.45, 7) is 5.63. The van der Waals surface area contributed by atoms with Gasteiger partial charge in [0.25, 0.3) is 0 Å². The van der Waals surface area contributed by atoms with Crippen LogP contribution in [0.1, 0.15) is 172 Å². The maximum Gasteiger partial charge on any atom is 0.408 e. The van der Waals surface area contributed by atoms with E-state index in [0.717, 1.165) is 37.5 Å². The number of carbonyl (C=O) groups is 3. The third kappa shape index (κ3) is 16.1. The second-order valence-electron chi connectivity index (χ2n) is 14.6. The third-order valence-corrected chi connectivity index (χ3v) is 9.26. The first-order valence-electron chi connectivity index (χ1n) is 18.2. The standard InChI is InChI=1S/C20H33N3O5.C15H25N3O3/c1-20(2,3)27-19(26)21-13-16-22-18(28-23-16)15(12-17(24)25)11-7-10-14-8-5-4-6-9-14;16-10-13-17-15(21-18-13)12(9-14(19)20)8-4-7-11-5-2-1-3-6-11/h14-15H,4-13H2,1-3H3,(H,21,26)(H,24,25);11-12H,1-10,16H2,(H,19,20)/t15-;12-/m11/s1. The highest BCUT2D eigenvalue weighted by Gasteiger charge is 2.25. The molecule has 5 N–H and O–H groups in total. The molecule has 14 heteroatoms. The highest BCUT2D eigenvalue weighted by molar-refractivity contribution is 5.68. The topological polar surface area (TPSA) is 217 Å². The summed E-state index contributed by atoms with van der Waals surface area (Å²) in [5.74, 6) is 0.856. The Labute approximate surface area is 289 Å². The van der Waals surface area contributed by atoms with Crippen LogP contribution in [0.4, 0.5) is 4.79 Å². The quantitative estimate of drug-likeness (QED) is 0.129. The normalized spacial score (nSPS) is 17.1. The lowest BCUT2D eigenvalue weighted by Gasteiger charge is -2.21. The van der Waals surface area contributed by atoms with Crippen LogP contribution < -0.4 is 11.1 Å². The van der Waals surface area contributed by atoms with Gasteiger partial charge in [0.1, 0.15) is 5.60 Å². The number of nitrogens with zero attached hydrogens (tertiary/aromatic N) is 4. The summed E-state index contributed by atoms with van der Waals surface area (Å²) in [5.41, 5.74) is 4.87. The van der Waals surface area contributed by atoms with Crippen molar-refractivity contribution in [3.63, 3.8) is 0 Å². The zero-order valence-electron chi connectivity index (χ0n) is 29.7. The monoisotopic (exact) mass is 690 g/mol. The van der Waals surface area contributed by atoms with E-state index in [9.17, 15) is 19.5 Å². The lowest BCUT2D eigenvalue weighted by Crippen LogP contribution is -2.32. The van der Waals surface area contributed by atoms with Gasteiger partial charge in [0.15, 0.2) is 11.6 Å². The third-order valence-electron chi connectivity index (χ3n) is 9.26. The number of carboxylic acid groups (broad SMARTS) is 2.